The molecule has 1 N–H and O–H groups in total. The molecule has 228 valence electrons. The minimum atomic E-state index is -5.04. The normalized spacial score (nSPS) is 18.0. The molecule has 0 bridgehead atoms. The summed E-state index contributed by atoms with van der Waals surface area (Å²) in [5.41, 5.74) is -0.332. The number of alkyl halides is 6. The molecule has 0 atom stereocenters. The van der Waals surface area contributed by atoms with Crippen molar-refractivity contribution in [2.24, 2.45) is 5.92 Å². The Morgan fingerprint density at radius 2 is 1.64 bits per heavy atom. The number of hydrogen-bond donors (Lipinski definition) is 1. The first kappa shape index (κ1) is 31.3. The average Bonchev–Trinajstić information content (AvgIpc) is 2.88. The molecular weight excluding hydrogens is 597 g/mol. The molecule has 3 aromatic heterocycles. The number of ether oxygens (including phenoxy) is 2. The van der Waals surface area contributed by atoms with E-state index in [1.165, 1.54) is 18.5 Å². The molecule has 1 fully saturated rings. The number of anilines is 1. The van der Waals surface area contributed by atoms with Crippen LogP contribution in [0, 0.1) is 11.7 Å². The number of nitrogens with one attached hydrogen (secondary N) is 1. The van der Waals surface area contributed by atoms with Crippen molar-refractivity contribution in [3.05, 3.63) is 60.3 Å². The number of nitrogens with zero attached hydrogens (tertiary/aromatic N) is 3. The maximum absolute atomic E-state index is 14.8. The predicted molar refractivity (Wildman–Crippen MR) is 137 cm³/mol. The Labute approximate surface area is 236 Å². The van der Waals surface area contributed by atoms with Gasteiger partial charge in [0.05, 0.1) is 0 Å². The summed E-state index contributed by atoms with van der Waals surface area (Å²) < 4.78 is 129. The van der Waals surface area contributed by atoms with Crippen LogP contribution in [-0.2, 0) is 16.6 Å². The number of rotatable bonds is 10. The zero-order valence-electron chi connectivity index (χ0n) is 21.8. The molecule has 4 rings (SSSR count). The van der Waals surface area contributed by atoms with Gasteiger partial charge < -0.3 is 9.47 Å². The summed E-state index contributed by atoms with van der Waals surface area (Å²) in [6.45, 7) is -0.135. The molecule has 3 aromatic rings. The minimum Gasteiger partial charge on any atom is -0.474 e. The third-order valence-electron chi connectivity index (χ3n) is 6.29. The Hall–Kier alpha value is -3.69. The van der Waals surface area contributed by atoms with Crippen molar-refractivity contribution in [3.63, 3.8) is 0 Å². The number of halogens is 7. The van der Waals surface area contributed by atoms with Gasteiger partial charge in [0.15, 0.2) is 5.75 Å². The van der Waals surface area contributed by atoms with Gasteiger partial charge in [-0.05, 0) is 61.4 Å². The number of aromatic nitrogens is 3. The average molecular weight is 623 g/mol. The van der Waals surface area contributed by atoms with E-state index in [-0.39, 0.29) is 29.6 Å². The van der Waals surface area contributed by atoms with Crippen molar-refractivity contribution >= 4 is 15.7 Å². The van der Waals surface area contributed by atoms with Crippen LogP contribution in [0.25, 0.3) is 11.3 Å². The molecule has 0 spiro atoms. The molecule has 0 amide bonds. The molecule has 0 saturated heterocycles. The Bertz CT molecular complexity index is 1460. The van der Waals surface area contributed by atoms with Crippen LogP contribution in [0.5, 0.6) is 11.8 Å². The second kappa shape index (κ2) is 12.7. The van der Waals surface area contributed by atoms with Crippen molar-refractivity contribution in [3.8, 4) is 23.0 Å². The van der Waals surface area contributed by atoms with Gasteiger partial charge in [0, 0.05) is 36.6 Å². The van der Waals surface area contributed by atoms with Crippen LogP contribution in [0.2, 0.25) is 0 Å². The summed E-state index contributed by atoms with van der Waals surface area (Å²) in [5, 5.41) is 0. The summed E-state index contributed by atoms with van der Waals surface area (Å²) in [6.07, 6.45) is -5.30. The van der Waals surface area contributed by atoms with Crippen LogP contribution in [0.1, 0.15) is 37.7 Å². The topological polar surface area (TPSA) is 103 Å². The van der Waals surface area contributed by atoms with Crippen LogP contribution in [0.15, 0.2) is 48.9 Å². The first-order chi connectivity index (χ1) is 19.7. The highest BCUT2D eigenvalue weighted by atomic mass is 32.2. The van der Waals surface area contributed by atoms with Crippen molar-refractivity contribution in [2.75, 3.05) is 10.5 Å². The Balaban J connectivity index is 1.56. The second-order valence-corrected chi connectivity index (χ2v) is 11.5. The SMILES string of the molecule is O=S(=O)(CC(F)(F)F)Nc1cc(-c2nc(OC3CCC(CC(F)(F)F)CC3)ccc2F)cnc1OCc1ccncc1. The van der Waals surface area contributed by atoms with Crippen molar-refractivity contribution in [1.82, 2.24) is 15.0 Å². The van der Waals surface area contributed by atoms with Gasteiger partial charge in [0.2, 0.25) is 21.8 Å². The van der Waals surface area contributed by atoms with Gasteiger partial charge in [0.1, 0.15) is 29.9 Å². The lowest BCUT2D eigenvalue weighted by atomic mass is 9.85. The highest BCUT2D eigenvalue weighted by Gasteiger charge is 2.36. The fourth-order valence-electron chi connectivity index (χ4n) is 4.46. The monoisotopic (exact) mass is 622 g/mol. The molecule has 3 heterocycles. The number of hydrogen-bond acceptors (Lipinski definition) is 7. The van der Waals surface area contributed by atoms with E-state index in [9.17, 15) is 39.2 Å². The minimum absolute atomic E-state index is 0.0390. The molecule has 1 aliphatic rings. The standard InChI is InChI=1S/C26H25F7N4O4S/c27-20-5-6-22(41-19-3-1-16(2-4-19)12-25(28,29)30)36-23(20)18-11-21(37-42(38,39)15-26(31,32)33)24(35-13-18)40-14-17-7-9-34-10-8-17/h5-11,13,16,19,37H,1-4,12,14-15H2. The highest BCUT2D eigenvalue weighted by Crippen LogP contribution is 2.36. The summed E-state index contributed by atoms with van der Waals surface area (Å²) in [5.74, 6) is -3.97. The Kier molecular flexibility index (Phi) is 9.43. The van der Waals surface area contributed by atoms with E-state index in [4.69, 9.17) is 9.47 Å². The van der Waals surface area contributed by atoms with Crippen LogP contribution >= 0.6 is 0 Å². The maximum Gasteiger partial charge on any atom is 0.404 e. The van der Waals surface area contributed by atoms with Crippen molar-refractivity contribution < 1.29 is 48.6 Å². The lowest BCUT2D eigenvalue weighted by Crippen LogP contribution is -2.28. The van der Waals surface area contributed by atoms with Crippen LogP contribution < -0.4 is 14.2 Å². The third-order valence-corrected chi connectivity index (χ3v) is 7.53. The summed E-state index contributed by atoms with van der Waals surface area (Å²) >= 11 is 0. The van der Waals surface area contributed by atoms with Gasteiger partial charge in [-0.2, -0.15) is 26.3 Å². The lowest BCUT2D eigenvalue weighted by Gasteiger charge is -2.29. The smallest absolute Gasteiger partial charge is 0.404 e. The summed E-state index contributed by atoms with van der Waals surface area (Å²) in [6, 6.07) is 6.47. The van der Waals surface area contributed by atoms with E-state index < -0.39 is 58.1 Å². The number of pyridine rings is 3. The predicted octanol–water partition coefficient (Wildman–Crippen LogP) is 6.45. The van der Waals surface area contributed by atoms with Crippen LogP contribution in [0.3, 0.4) is 0 Å². The van der Waals surface area contributed by atoms with Crippen molar-refractivity contribution in [2.45, 2.75) is 57.2 Å². The van der Waals surface area contributed by atoms with E-state index >= 15 is 0 Å². The zero-order valence-corrected chi connectivity index (χ0v) is 22.6. The van der Waals surface area contributed by atoms with E-state index in [2.05, 4.69) is 15.0 Å². The Morgan fingerprint density at radius 3 is 2.29 bits per heavy atom. The summed E-state index contributed by atoms with van der Waals surface area (Å²) in [7, 11) is -4.96. The largest absolute Gasteiger partial charge is 0.474 e. The molecule has 0 aromatic carbocycles. The molecule has 42 heavy (non-hydrogen) atoms. The molecule has 16 heteroatoms. The van der Waals surface area contributed by atoms with E-state index in [0.717, 1.165) is 18.3 Å². The van der Waals surface area contributed by atoms with E-state index in [1.807, 2.05) is 0 Å². The fourth-order valence-corrected chi connectivity index (χ4v) is 5.45. The first-order valence-electron chi connectivity index (χ1n) is 12.6. The van der Waals surface area contributed by atoms with Crippen LogP contribution in [-0.4, -0.2) is 47.6 Å². The van der Waals surface area contributed by atoms with Gasteiger partial charge in [0.25, 0.3) is 0 Å². The van der Waals surface area contributed by atoms with Crippen molar-refractivity contribution in [1.29, 1.82) is 0 Å². The van der Waals surface area contributed by atoms with Gasteiger partial charge in [-0.3, -0.25) is 9.71 Å². The van der Waals surface area contributed by atoms with Gasteiger partial charge in [-0.15, -0.1) is 0 Å². The Morgan fingerprint density at radius 1 is 0.952 bits per heavy atom. The molecule has 1 aliphatic carbocycles. The van der Waals surface area contributed by atoms with Gasteiger partial charge >= 0.3 is 12.4 Å². The molecule has 0 unspecified atom stereocenters. The fraction of sp³-hybridized carbons (Fsp3) is 0.423. The quantitative estimate of drug-likeness (QED) is 0.259. The van der Waals surface area contributed by atoms with E-state index in [0.29, 0.717) is 31.2 Å². The van der Waals surface area contributed by atoms with E-state index in [1.54, 1.807) is 16.9 Å². The molecule has 8 nitrogen and oxygen atoms in total. The molecular formula is C26H25F7N4O4S. The molecule has 0 aliphatic heterocycles. The number of sulfonamides is 1. The summed E-state index contributed by atoms with van der Waals surface area (Å²) in [4.78, 5) is 12.0. The molecule has 0 radical (unpaired) electrons. The molecule has 1 saturated carbocycles. The highest BCUT2D eigenvalue weighted by molar-refractivity contribution is 7.92. The third kappa shape index (κ3) is 9.42. The lowest BCUT2D eigenvalue weighted by molar-refractivity contribution is -0.147. The second-order valence-electron chi connectivity index (χ2n) is 9.76. The zero-order chi connectivity index (χ0) is 30.5. The van der Waals surface area contributed by atoms with Gasteiger partial charge in [-0.1, -0.05) is 0 Å². The van der Waals surface area contributed by atoms with Gasteiger partial charge in [-0.25, -0.2) is 22.8 Å². The maximum atomic E-state index is 14.8. The van der Waals surface area contributed by atoms with Crippen LogP contribution in [0.4, 0.5) is 36.4 Å². The first-order valence-corrected chi connectivity index (χ1v) is 14.3.